The Morgan fingerprint density at radius 2 is 1.92 bits per heavy atom. The van der Waals surface area contributed by atoms with Gasteiger partial charge >= 0.3 is 0 Å². The Hall–Kier alpha value is -2.48. The number of hydrogen-bond donors (Lipinski definition) is 1. The van der Waals surface area contributed by atoms with Crippen LogP contribution in [0.1, 0.15) is 17.3 Å². The van der Waals surface area contributed by atoms with Crippen molar-refractivity contribution >= 4 is 5.91 Å². The Morgan fingerprint density at radius 3 is 2.50 bits per heavy atom. The summed E-state index contributed by atoms with van der Waals surface area (Å²) in [6.07, 6.45) is 0.0817. The minimum absolute atomic E-state index is 0.00491. The highest BCUT2D eigenvalue weighted by Crippen LogP contribution is 2.25. The molecule has 5 nitrogen and oxygen atoms in total. The van der Waals surface area contributed by atoms with Gasteiger partial charge in [0.2, 0.25) is 0 Å². The fourth-order valence-electron chi connectivity index (χ4n) is 2.25. The van der Waals surface area contributed by atoms with Crippen LogP contribution >= 0.6 is 0 Å². The molecule has 1 amide bonds. The molecule has 1 atom stereocenters. The summed E-state index contributed by atoms with van der Waals surface area (Å²) >= 11 is 0. The Balaban J connectivity index is 2.51. The minimum atomic E-state index is -2.73. The molecule has 128 valence electrons. The molecule has 1 aromatic carbocycles. The molecule has 1 aromatic heterocycles. The molecule has 0 unspecified atom stereocenters. The topological polar surface area (TPSA) is 72.1 Å². The van der Waals surface area contributed by atoms with Crippen molar-refractivity contribution in [3.63, 3.8) is 0 Å². The van der Waals surface area contributed by atoms with Crippen molar-refractivity contribution in [2.45, 2.75) is 19.4 Å². The van der Waals surface area contributed by atoms with Crippen LogP contribution in [0.4, 0.5) is 13.2 Å². The maximum atomic E-state index is 14.3. The van der Waals surface area contributed by atoms with Crippen LogP contribution in [0.25, 0.3) is 11.4 Å². The number of rotatable bonds is 6. The number of benzene rings is 1. The van der Waals surface area contributed by atoms with E-state index in [-0.39, 0.29) is 23.5 Å². The molecule has 2 aromatic rings. The summed E-state index contributed by atoms with van der Waals surface area (Å²) in [4.78, 5) is 21.6. The zero-order chi connectivity index (χ0) is 17.7. The van der Waals surface area contributed by atoms with E-state index < -0.39 is 30.7 Å². The van der Waals surface area contributed by atoms with Gasteiger partial charge in [-0.2, -0.15) is 0 Å². The Labute approximate surface area is 137 Å². The smallest absolute Gasteiger partial charge is 0.255 e. The molecule has 0 spiro atoms. The van der Waals surface area contributed by atoms with Gasteiger partial charge in [-0.05, 0) is 25.1 Å². The van der Waals surface area contributed by atoms with E-state index in [4.69, 9.17) is 5.73 Å². The lowest BCUT2D eigenvalue weighted by Gasteiger charge is -2.28. The third-order valence-corrected chi connectivity index (χ3v) is 3.50. The SMILES string of the molecule is C[C@@H](CN)N(CC(F)F)C(=O)c1cccc(F)c1-c1ncccn1. The lowest BCUT2D eigenvalue weighted by atomic mass is 10.0. The second-order valence-corrected chi connectivity index (χ2v) is 5.17. The first-order chi connectivity index (χ1) is 11.5. The molecular formula is C16H17F3N4O. The Bertz CT molecular complexity index is 697. The third-order valence-electron chi connectivity index (χ3n) is 3.50. The molecule has 1 heterocycles. The summed E-state index contributed by atoms with van der Waals surface area (Å²) in [6, 6.07) is 4.78. The lowest BCUT2D eigenvalue weighted by Crippen LogP contribution is -2.45. The van der Waals surface area contributed by atoms with Crippen LogP contribution < -0.4 is 5.73 Å². The maximum Gasteiger partial charge on any atom is 0.255 e. The van der Waals surface area contributed by atoms with Gasteiger partial charge in [-0.1, -0.05) is 6.07 Å². The van der Waals surface area contributed by atoms with Crippen molar-refractivity contribution in [2.24, 2.45) is 5.73 Å². The second-order valence-electron chi connectivity index (χ2n) is 5.17. The summed E-state index contributed by atoms with van der Waals surface area (Å²) < 4.78 is 39.9. The van der Waals surface area contributed by atoms with Gasteiger partial charge in [-0.25, -0.2) is 23.1 Å². The van der Waals surface area contributed by atoms with Crippen molar-refractivity contribution in [3.8, 4) is 11.4 Å². The number of amides is 1. The standard InChI is InChI=1S/C16H17F3N4O/c1-10(8-20)23(9-13(18)19)16(24)11-4-2-5-12(17)14(11)15-21-6-3-7-22-15/h2-7,10,13H,8-9,20H2,1H3/t10-/m0/s1. The first-order valence-corrected chi connectivity index (χ1v) is 7.30. The predicted molar refractivity (Wildman–Crippen MR) is 83.0 cm³/mol. The summed E-state index contributed by atoms with van der Waals surface area (Å²) in [5, 5.41) is 0. The van der Waals surface area contributed by atoms with Crippen LogP contribution in [0.5, 0.6) is 0 Å². The normalized spacial score (nSPS) is 12.2. The van der Waals surface area contributed by atoms with Crippen LogP contribution in [-0.2, 0) is 0 Å². The van der Waals surface area contributed by atoms with E-state index in [0.717, 1.165) is 11.0 Å². The molecular weight excluding hydrogens is 321 g/mol. The second kappa shape index (κ2) is 7.87. The highest BCUT2D eigenvalue weighted by Gasteiger charge is 2.27. The highest BCUT2D eigenvalue weighted by atomic mass is 19.3. The van der Waals surface area contributed by atoms with Gasteiger partial charge in [-0.15, -0.1) is 0 Å². The molecule has 8 heteroatoms. The minimum Gasteiger partial charge on any atom is -0.329 e. The molecule has 0 fully saturated rings. The number of alkyl halides is 2. The zero-order valence-electron chi connectivity index (χ0n) is 13.0. The average Bonchev–Trinajstić information content (AvgIpc) is 2.58. The van der Waals surface area contributed by atoms with E-state index in [2.05, 4.69) is 9.97 Å². The number of halogens is 3. The van der Waals surface area contributed by atoms with Crippen LogP contribution in [0.15, 0.2) is 36.7 Å². The summed E-state index contributed by atoms with van der Waals surface area (Å²) in [5.41, 5.74) is 5.31. The summed E-state index contributed by atoms with van der Waals surface area (Å²) in [6.45, 7) is 0.770. The molecule has 0 bridgehead atoms. The fraction of sp³-hybridized carbons (Fsp3) is 0.312. The highest BCUT2D eigenvalue weighted by molar-refractivity contribution is 6.00. The van der Waals surface area contributed by atoms with E-state index >= 15 is 0 Å². The van der Waals surface area contributed by atoms with E-state index in [1.54, 1.807) is 13.0 Å². The van der Waals surface area contributed by atoms with Gasteiger partial charge in [0.25, 0.3) is 12.3 Å². The molecule has 0 saturated heterocycles. The number of carbonyl (C=O) groups excluding carboxylic acids is 1. The van der Waals surface area contributed by atoms with Crippen molar-refractivity contribution in [1.82, 2.24) is 14.9 Å². The van der Waals surface area contributed by atoms with E-state index in [0.29, 0.717) is 0 Å². The lowest BCUT2D eigenvalue weighted by molar-refractivity contribution is 0.0465. The molecule has 0 aliphatic heterocycles. The molecule has 0 saturated carbocycles. The van der Waals surface area contributed by atoms with Gasteiger partial charge in [0, 0.05) is 25.0 Å². The quantitative estimate of drug-likeness (QED) is 0.877. The third kappa shape index (κ3) is 3.88. The van der Waals surface area contributed by atoms with Crippen LogP contribution in [0.2, 0.25) is 0 Å². The predicted octanol–water partition coefficient (Wildman–Crippen LogP) is 2.34. The van der Waals surface area contributed by atoms with Gasteiger partial charge in [0.1, 0.15) is 5.82 Å². The number of hydrogen-bond acceptors (Lipinski definition) is 4. The molecule has 24 heavy (non-hydrogen) atoms. The number of aromatic nitrogens is 2. The summed E-state index contributed by atoms with van der Waals surface area (Å²) in [7, 11) is 0. The van der Waals surface area contributed by atoms with Crippen LogP contribution in [0, 0.1) is 5.82 Å². The molecule has 0 aliphatic carbocycles. The van der Waals surface area contributed by atoms with Crippen molar-refractivity contribution in [1.29, 1.82) is 0 Å². The maximum absolute atomic E-state index is 14.3. The molecule has 2 rings (SSSR count). The Kier molecular flexibility index (Phi) is 5.86. The van der Waals surface area contributed by atoms with Crippen LogP contribution in [0.3, 0.4) is 0 Å². The average molecular weight is 338 g/mol. The van der Waals surface area contributed by atoms with Crippen molar-refractivity contribution in [2.75, 3.05) is 13.1 Å². The van der Waals surface area contributed by atoms with E-state index in [1.807, 2.05) is 0 Å². The molecule has 0 radical (unpaired) electrons. The van der Waals surface area contributed by atoms with Gasteiger partial charge in [0.05, 0.1) is 17.7 Å². The molecule has 2 N–H and O–H groups in total. The summed E-state index contributed by atoms with van der Waals surface area (Å²) in [5.74, 6) is -1.43. The zero-order valence-corrected chi connectivity index (χ0v) is 13.0. The van der Waals surface area contributed by atoms with Crippen molar-refractivity contribution in [3.05, 3.63) is 48.0 Å². The van der Waals surface area contributed by atoms with E-state index in [1.165, 1.54) is 24.5 Å². The van der Waals surface area contributed by atoms with Gasteiger partial charge in [-0.3, -0.25) is 4.79 Å². The first-order valence-electron chi connectivity index (χ1n) is 7.30. The number of carbonyl (C=O) groups is 1. The van der Waals surface area contributed by atoms with Crippen LogP contribution in [-0.4, -0.2) is 46.3 Å². The molecule has 0 aliphatic rings. The largest absolute Gasteiger partial charge is 0.329 e. The fourth-order valence-corrected chi connectivity index (χ4v) is 2.25. The first kappa shape index (κ1) is 17.9. The van der Waals surface area contributed by atoms with Gasteiger partial charge in [0.15, 0.2) is 5.82 Å². The van der Waals surface area contributed by atoms with Crippen molar-refractivity contribution < 1.29 is 18.0 Å². The number of nitrogens with zero attached hydrogens (tertiary/aromatic N) is 3. The van der Waals surface area contributed by atoms with Gasteiger partial charge < -0.3 is 10.6 Å². The van der Waals surface area contributed by atoms with E-state index in [9.17, 15) is 18.0 Å². The Morgan fingerprint density at radius 1 is 1.25 bits per heavy atom. The monoisotopic (exact) mass is 338 g/mol. The number of nitrogens with two attached hydrogens (primary N) is 1.